The van der Waals surface area contributed by atoms with E-state index in [-0.39, 0.29) is 12.2 Å². The Kier molecular flexibility index (Phi) is 10.1. The van der Waals surface area contributed by atoms with Crippen molar-refractivity contribution in [3.63, 3.8) is 0 Å². The van der Waals surface area contributed by atoms with Gasteiger partial charge in [0.05, 0.1) is 6.54 Å². The van der Waals surface area contributed by atoms with Crippen LogP contribution in [-0.4, -0.2) is 36.1 Å². The lowest BCUT2D eigenvalue weighted by Gasteiger charge is -2.25. The van der Waals surface area contributed by atoms with Crippen LogP contribution in [-0.2, 0) is 17.8 Å². The molecule has 0 aromatic heterocycles. The monoisotopic (exact) mass is 584 g/mol. The number of anilines is 2. The maximum atomic E-state index is 13.1. The quantitative estimate of drug-likeness (QED) is 0.132. The molecule has 1 unspecified atom stereocenters. The summed E-state index contributed by atoms with van der Waals surface area (Å²) in [5.41, 5.74) is 5.89. The molecule has 6 heteroatoms. The highest BCUT2D eigenvalue weighted by molar-refractivity contribution is 6.12. The molecule has 0 radical (unpaired) electrons. The van der Waals surface area contributed by atoms with Crippen LogP contribution >= 0.6 is 0 Å². The fraction of sp³-hybridized carbons (Fsp3) is 0.158. The Morgan fingerprint density at radius 1 is 0.750 bits per heavy atom. The van der Waals surface area contributed by atoms with Gasteiger partial charge in [0, 0.05) is 35.5 Å². The molecule has 0 heterocycles. The molecule has 0 aliphatic carbocycles. The Morgan fingerprint density at radius 2 is 1.39 bits per heavy atom. The summed E-state index contributed by atoms with van der Waals surface area (Å²) in [5.74, 6) is -0.443. The van der Waals surface area contributed by atoms with Crippen LogP contribution in [0.4, 0.5) is 11.4 Å². The van der Waals surface area contributed by atoms with Crippen molar-refractivity contribution in [3.05, 3.63) is 161 Å². The number of nitrogens with one attached hydrogen (secondary N) is 1. The van der Waals surface area contributed by atoms with E-state index >= 15 is 0 Å². The summed E-state index contributed by atoms with van der Waals surface area (Å²) in [5, 5.41) is 13.1. The van der Waals surface area contributed by atoms with Crippen LogP contribution in [0, 0.1) is 6.92 Å². The van der Waals surface area contributed by atoms with E-state index in [4.69, 9.17) is 4.74 Å². The number of nitrogens with zero attached hydrogens (tertiary/aromatic N) is 1. The summed E-state index contributed by atoms with van der Waals surface area (Å²) in [4.78, 5) is 27.6. The number of aliphatic carboxylic acids is 1. The first-order valence-corrected chi connectivity index (χ1v) is 14.7. The summed E-state index contributed by atoms with van der Waals surface area (Å²) in [7, 11) is 0. The van der Waals surface area contributed by atoms with Gasteiger partial charge in [0.15, 0.2) is 5.78 Å². The fourth-order valence-electron chi connectivity index (χ4n) is 5.03. The average Bonchev–Trinajstić information content (AvgIpc) is 3.06. The van der Waals surface area contributed by atoms with Crippen LogP contribution < -0.4 is 15.0 Å². The zero-order valence-electron chi connectivity index (χ0n) is 24.7. The van der Waals surface area contributed by atoms with Gasteiger partial charge in [-0.3, -0.25) is 4.79 Å². The molecule has 222 valence electrons. The van der Waals surface area contributed by atoms with E-state index in [9.17, 15) is 14.7 Å². The molecule has 0 fully saturated rings. The van der Waals surface area contributed by atoms with Gasteiger partial charge in [-0.05, 0) is 54.4 Å². The Bertz CT molecular complexity index is 1650. The first-order valence-electron chi connectivity index (χ1n) is 14.7. The molecule has 0 spiro atoms. The number of benzene rings is 5. The predicted molar refractivity (Wildman–Crippen MR) is 176 cm³/mol. The van der Waals surface area contributed by atoms with E-state index in [1.165, 1.54) is 11.1 Å². The molecule has 0 saturated carbocycles. The topological polar surface area (TPSA) is 78.9 Å². The lowest BCUT2D eigenvalue weighted by atomic mass is 10.00. The van der Waals surface area contributed by atoms with Crippen LogP contribution in [0.25, 0.3) is 0 Å². The lowest BCUT2D eigenvalue weighted by molar-refractivity contribution is -0.137. The minimum atomic E-state index is -0.998. The van der Waals surface area contributed by atoms with E-state index in [1.807, 2.05) is 60.7 Å². The number of ketones is 1. The number of hydrogen-bond acceptors (Lipinski definition) is 5. The molecule has 0 bridgehead atoms. The van der Waals surface area contributed by atoms with Gasteiger partial charge >= 0.3 is 5.97 Å². The number of aryl methyl sites for hydroxylation is 1. The second kappa shape index (κ2) is 14.7. The predicted octanol–water partition coefficient (Wildman–Crippen LogP) is 7.42. The van der Waals surface area contributed by atoms with Gasteiger partial charge in [-0.1, -0.05) is 103 Å². The third-order valence-corrected chi connectivity index (χ3v) is 7.44. The highest BCUT2D eigenvalue weighted by atomic mass is 16.5. The second-order valence-electron chi connectivity index (χ2n) is 10.7. The molecule has 5 aromatic rings. The number of hydrogen-bond donors (Lipinski definition) is 2. The molecule has 1 atom stereocenters. The van der Waals surface area contributed by atoms with Crippen molar-refractivity contribution in [2.24, 2.45) is 0 Å². The van der Waals surface area contributed by atoms with Crippen molar-refractivity contribution in [3.8, 4) is 5.75 Å². The number of carboxylic acid groups (broad SMARTS) is 1. The maximum absolute atomic E-state index is 13.1. The van der Waals surface area contributed by atoms with Gasteiger partial charge in [0.25, 0.3) is 0 Å². The van der Waals surface area contributed by atoms with Gasteiger partial charge in [-0.2, -0.15) is 0 Å². The third-order valence-electron chi connectivity index (χ3n) is 7.44. The Morgan fingerprint density at radius 3 is 2.07 bits per heavy atom. The van der Waals surface area contributed by atoms with E-state index in [2.05, 4.69) is 53.5 Å². The summed E-state index contributed by atoms with van der Waals surface area (Å²) in [6, 6.07) is 41.4. The molecule has 0 aliphatic heterocycles. The van der Waals surface area contributed by atoms with Crippen molar-refractivity contribution in [1.82, 2.24) is 0 Å². The van der Waals surface area contributed by atoms with Gasteiger partial charge in [-0.25, -0.2) is 4.79 Å². The molecule has 2 N–H and O–H groups in total. The average molecular weight is 585 g/mol. The van der Waals surface area contributed by atoms with E-state index in [1.54, 1.807) is 36.4 Å². The van der Waals surface area contributed by atoms with Crippen LogP contribution in [0.5, 0.6) is 5.75 Å². The second-order valence-corrected chi connectivity index (χ2v) is 10.7. The van der Waals surface area contributed by atoms with Crippen molar-refractivity contribution in [2.75, 3.05) is 23.4 Å². The number of ether oxygens (including phenoxy) is 1. The number of rotatable bonds is 14. The van der Waals surface area contributed by atoms with Crippen LogP contribution in [0.15, 0.2) is 133 Å². The smallest absolute Gasteiger partial charge is 0.326 e. The summed E-state index contributed by atoms with van der Waals surface area (Å²) < 4.78 is 6.10. The zero-order chi connectivity index (χ0) is 30.7. The normalized spacial score (nSPS) is 11.4. The highest BCUT2D eigenvalue weighted by Gasteiger charge is 2.21. The molecule has 0 aliphatic rings. The van der Waals surface area contributed by atoms with Crippen molar-refractivity contribution in [1.29, 1.82) is 0 Å². The van der Waals surface area contributed by atoms with Crippen molar-refractivity contribution in [2.45, 2.75) is 25.9 Å². The molecule has 5 rings (SSSR count). The first-order chi connectivity index (χ1) is 21.5. The Balaban J connectivity index is 1.21. The molecule has 6 nitrogen and oxygen atoms in total. The summed E-state index contributed by atoms with van der Waals surface area (Å²) in [6.07, 6.45) is 0.238. The summed E-state index contributed by atoms with van der Waals surface area (Å²) in [6.45, 7) is 4.05. The Labute approximate surface area is 258 Å². The number of carbonyl (C=O) groups excluding carboxylic acids is 1. The van der Waals surface area contributed by atoms with Crippen LogP contribution in [0.2, 0.25) is 0 Å². The highest BCUT2D eigenvalue weighted by Crippen LogP contribution is 2.23. The molecular formula is C38H36N2O4. The molecule has 44 heavy (non-hydrogen) atoms. The number of carboxylic acids is 1. The lowest BCUT2D eigenvalue weighted by Crippen LogP contribution is -2.32. The standard InChI is InChI=1S/C38H36N2O4/c1-28-16-20-32(21-17-28)40(27-30-10-4-2-5-11-30)24-25-44-33-22-18-29(19-23-33)26-36(38(42)43)39-35-15-9-8-14-34(35)37(41)31-12-6-3-7-13-31/h2-23,36,39H,24-27H2,1H3,(H,42,43). The molecule has 0 amide bonds. The van der Waals surface area contributed by atoms with Gasteiger partial charge in [-0.15, -0.1) is 0 Å². The SMILES string of the molecule is Cc1ccc(N(CCOc2ccc(CC(Nc3ccccc3C(=O)c3ccccc3)C(=O)O)cc2)Cc2ccccc2)cc1. The van der Waals surface area contributed by atoms with E-state index < -0.39 is 12.0 Å². The van der Waals surface area contributed by atoms with Gasteiger partial charge in [0.2, 0.25) is 0 Å². The van der Waals surface area contributed by atoms with Crippen molar-refractivity contribution < 1.29 is 19.4 Å². The van der Waals surface area contributed by atoms with Crippen LogP contribution in [0.1, 0.15) is 32.6 Å². The number of para-hydroxylation sites is 1. The fourth-order valence-corrected chi connectivity index (χ4v) is 5.03. The van der Waals surface area contributed by atoms with E-state index in [0.717, 1.165) is 23.5 Å². The largest absolute Gasteiger partial charge is 0.492 e. The maximum Gasteiger partial charge on any atom is 0.326 e. The minimum absolute atomic E-state index is 0.163. The molecular weight excluding hydrogens is 548 g/mol. The number of carbonyl (C=O) groups is 2. The van der Waals surface area contributed by atoms with Crippen molar-refractivity contribution >= 4 is 23.1 Å². The molecule has 5 aromatic carbocycles. The zero-order valence-corrected chi connectivity index (χ0v) is 24.7. The molecule has 0 saturated heterocycles. The van der Waals surface area contributed by atoms with Gasteiger partial charge in [0.1, 0.15) is 18.4 Å². The van der Waals surface area contributed by atoms with E-state index in [0.29, 0.717) is 30.0 Å². The van der Waals surface area contributed by atoms with Crippen LogP contribution in [0.3, 0.4) is 0 Å². The third kappa shape index (κ3) is 8.13. The first kappa shape index (κ1) is 30.1. The Hall–Kier alpha value is -5.36. The van der Waals surface area contributed by atoms with Gasteiger partial charge < -0.3 is 20.1 Å². The minimum Gasteiger partial charge on any atom is -0.492 e. The summed E-state index contributed by atoms with van der Waals surface area (Å²) >= 11 is 0.